The maximum atomic E-state index is 13.6. The summed E-state index contributed by atoms with van der Waals surface area (Å²) >= 11 is 0. The molecule has 0 aliphatic carbocycles. The monoisotopic (exact) mass is 628 g/mol. The summed E-state index contributed by atoms with van der Waals surface area (Å²) < 4.78 is 52.7. The lowest BCUT2D eigenvalue weighted by Gasteiger charge is -2.43. The molecule has 0 radical (unpaired) electrons. The van der Waals surface area contributed by atoms with Crippen molar-refractivity contribution in [1.29, 1.82) is 5.26 Å². The van der Waals surface area contributed by atoms with E-state index in [1.54, 1.807) is 25.1 Å². The van der Waals surface area contributed by atoms with Gasteiger partial charge in [-0.25, -0.2) is 19.3 Å². The number of benzene rings is 2. The number of allylic oxidation sites excluding steroid dienone is 1. The summed E-state index contributed by atoms with van der Waals surface area (Å²) in [6.07, 6.45) is -3.39. The van der Waals surface area contributed by atoms with Gasteiger partial charge < -0.3 is 24.3 Å². The number of H-pyrrole nitrogens is 1. The van der Waals surface area contributed by atoms with Gasteiger partial charge in [-0.3, -0.25) is 4.90 Å². The average Bonchev–Trinajstić information content (AvgIpc) is 3.36. The first kappa shape index (κ1) is 33.0. The van der Waals surface area contributed by atoms with Gasteiger partial charge in [0, 0.05) is 24.3 Å². The molecule has 1 atom stereocenters. The fraction of sp³-hybridized carbons (Fsp3) is 0.367. The third-order valence-corrected chi connectivity index (χ3v) is 8.24. The summed E-state index contributed by atoms with van der Waals surface area (Å²) in [7, 11) is 5.30. The zero-order valence-electron chi connectivity index (χ0n) is 24.9. The van der Waals surface area contributed by atoms with Crippen molar-refractivity contribution in [2.45, 2.75) is 37.5 Å². The van der Waals surface area contributed by atoms with Crippen molar-refractivity contribution in [2.24, 2.45) is 0 Å². The number of nitriles is 1. The average molecular weight is 629 g/mol. The smallest absolute Gasteiger partial charge is 0.416 e. The summed E-state index contributed by atoms with van der Waals surface area (Å²) in [5, 5.41) is 24.5. The highest BCUT2D eigenvalue weighted by Crippen LogP contribution is 2.44. The largest absolute Gasteiger partial charge is 0.554 e. The number of nitrogens with one attached hydrogen (secondary N) is 2. The molecule has 0 unspecified atom stereocenters. The number of hydrogen-bond donors (Lipinski definition) is 2. The van der Waals surface area contributed by atoms with E-state index in [2.05, 4.69) is 30.4 Å². The van der Waals surface area contributed by atoms with Crippen LogP contribution in [0.5, 0.6) is 0 Å². The summed E-state index contributed by atoms with van der Waals surface area (Å²) in [5.74, 6) is -0.753. The van der Waals surface area contributed by atoms with Crippen LogP contribution >= 0.6 is 0 Å². The molecule has 1 fully saturated rings. The van der Waals surface area contributed by atoms with Gasteiger partial charge in [-0.2, -0.15) is 18.4 Å². The summed E-state index contributed by atoms with van der Waals surface area (Å²) in [6, 6.07) is 10.7. The van der Waals surface area contributed by atoms with E-state index in [4.69, 9.17) is 19.4 Å². The van der Waals surface area contributed by atoms with Crippen molar-refractivity contribution in [2.75, 3.05) is 39.3 Å². The Morgan fingerprint density at radius 3 is 2.53 bits per heavy atom. The summed E-state index contributed by atoms with van der Waals surface area (Å²) in [4.78, 5) is 37.5. The topological polar surface area (TPSA) is 158 Å². The van der Waals surface area contributed by atoms with Crippen LogP contribution in [0.15, 0.2) is 58.5 Å². The molecule has 0 bridgehead atoms. The highest BCUT2D eigenvalue weighted by molar-refractivity contribution is 5.93. The molecule has 12 nitrogen and oxygen atoms in total. The first-order chi connectivity index (χ1) is 21.3. The number of hydrogen-bond acceptors (Lipinski definition) is 9. The third kappa shape index (κ3) is 6.19. The Morgan fingerprint density at radius 1 is 1.29 bits per heavy atom. The fourth-order valence-corrected chi connectivity index (χ4v) is 5.64. The van der Waals surface area contributed by atoms with Crippen LogP contribution < -0.4 is 20.6 Å². The number of carboxylic acid groups (broad SMARTS) is 1. The number of carbonyl (C=O) groups is 2. The second kappa shape index (κ2) is 13.0. The number of fused-ring (bicyclic) bond motifs is 1. The molecule has 0 saturated carbocycles. The van der Waals surface area contributed by atoms with Gasteiger partial charge in [-0.05, 0) is 54.8 Å². The van der Waals surface area contributed by atoms with Crippen molar-refractivity contribution in [3.8, 4) is 6.07 Å². The zero-order valence-corrected chi connectivity index (χ0v) is 24.9. The molecule has 1 saturated heterocycles. The lowest BCUT2D eigenvalue weighted by Crippen LogP contribution is -3.18. The molecule has 0 amide bonds. The number of quaternary nitrogens is 1. The van der Waals surface area contributed by atoms with Gasteiger partial charge in [0.05, 0.1) is 44.0 Å². The van der Waals surface area contributed by atoms with Crippen LogP contribution in [0.1, 0.15) is 41.6 Å². The molecule has 0 spiro atoms. The fourth-order valence-electron chi connectivity index (χ4n) is 5.64. The van der Waals surface area contributed by atoms with E-state index in [-0.39, 0.29) is 28.4 Å². The SMILES string of the molecule is COC(=O)C1=C(C)N(c2cccc(C(F)(F)F)c2)c2n[nH]c(=O)n2[C@@H]1c1ccc(C#N)cc1CCC1([NH+](C)C)COC1.O=C[O-]. The van der Waals surface area contributed by atoms with E-state index < -0.39 is 35.9 Å². The molecule has 3 aromatic rings. The van der Waals surface area contributed by atoms with Gasteiger partial charge in [0.15, 0.2) is 0 Å². The van der Waals surface area contributed by atoms with Crippen LogP contribution in [-0.2, 0) is 31.7 Å². The van der Waals surface area contributed by atoms with Gasteiger partial charge in [-0.15, -0.1) is 5.10 Å². The van der Waals surface area contributed by atoms with Crippen molar-refractivity contribution in [3.05, 3.63) is 86.5 Å². The van der Waals surface area contributed by atoms with E-state index in [0.717, 1.165) is 17.7 Å². The Bertz CT molecular complexity index is 1720. The quantitative estimate of drug-likeness (QED) is 0.286. The minimum Gasteiger partial charge on any atom is -0.554 e. The van der Waals surface area contributed by atoms with Gasteiger partial charge in [0.2, 0.25) is 5.95 Å². The molecule has 2 N–H and O–H groups in total. The number of aromatic amines is 1. The number of carbonyl (C=O) groups excluding carboxylic acids is 2. The number of rotatable bonds is 7. The molecule has 5 rings (SSSR count). The highest BCUT2D eigenvalue weighted by Gasteiger charge is 2.45. The molecule has 15 heteroatoms. The number of esters is 1. The van der Waals surface area contributed by atoms with Gasteiger partial charge >= 0.3 is 17.8 Å². The Kier molecular flexibility index (Phi) is 9.50. The van der Waals surface area contributed by atoms with Gasteiger partial charge in [0.1, 0.15) is 24.8 Å². The number of ether oxygens (including phenoxy) is 2. The van der Waals surface area contributed by atoms with E-state index in [0.29, 0.717) is 37.2 Å². The molecule has 3 heterocycles. The second-order valence-electron chi connectivity index (χ2n) is 10.9. The number of methoxy groups -OCH3 is 1. The van der Waals surface area contributed by atoms with Crippen molar-refractivity contribution in [1.82, 2.24) is 14.8 Å². The molecular formula is C30H31F3N6O6. The molecule has 2 aliphatic heterocycles. The van der Waals surface area contributed by atoms with Crippen LogP contribution in [0.4, 0.5) is 24.8 Å². The van der Waals surface area contributed by atoms with Gasteiger partial charge in [-0.1, -0.05) is 12.1 Å². The Hall–Kier alpha value is -4.94. The van der Waals surface area contributed by atoms with Gasteiger partial charge in [0.25, 0.3) is 0 Å². The summed E-state index contributed by atoms with van der Waals surface area (Å²) in [5.41, 5.74) is 0.393. The molecule has 2 aliphatic rings. The second-order valence-corrected chi connectivity index (χ2v) is 10.9. The van der Waals surface area contributed by atoms with Crippen LogP contribution in [0.3, 0.4) is 0 Å². The third-order valence-electron chi connectivity index (χ3n) is 8.24. The number of aryl methyl sites for hydroxylation is 1. The lowest BCUT2D eigenvalue weighted by molar-refractivity contribution is -0.928. The van der Waals surface area contributed by atoms with E-state index >= 15 is 0 Å². The minimum absolute atomic E-state index is 0.00591. The summed E-state index contributed by atoms with van der Waals surface area (Å²) in [6.45, 7) is 2.23. The Labute approximate surface area is 255 Å². The predicted molar refractivity (Wildman–Crippen MR) is 151 cm³/mol. The standard InChI is InChI=1S/C29H29F3N6O4.CH2O2/c1-17-23(25(39)41-4)24(22-9-8-18(14-33)12-19(22)10-11-28(36(2)3)15-42-16-28)38-26(34-35-27(38)40)37(17)21-7-5-6-20(13-21)29(30,31)32;2-1-3/h5-9,12-13,24H,10-11,15-16H2,1-4H3,(H,35,40);1H,(H,2,3)/t24-;/m1./s1. The Morgan fingerprint density at radius 2 is 1.98 bits per heavy atom. The van der Waals surface area contributed by atoms with Crippen molar-refractivity contribution in [3.63, 3.8) is 0 Å². The number of aromatic nitrogens is 3. The molecular weight excluding hydrogens is 597 g/mol. The minimum atomic E-state index is -4.61. The van der Waals surface area contributed by atoms with E-state index in [1.807, 2.05) is 0 Å². The number of alkyl halides is 3. The lowest BCUT2D eigenvalue weighted by atomic mass is 9.84. The van der Waals surface area contributed by atoms with Crippen molar-refractivity contribution >= 4 is 24.1 Å². The molecule has 2 aromatic carbocycles. The zero-order chi connectivity index (χ0) is 33.1. The maximum Gasteiger partial charge on any atom is 0.416 e. The predicted octanol–water partition coefficient (Wildman–Crippen LogP) is 0.862. The van der Waals surface area contributed by atoms with Crippen LogP contribution in [0, 0.1) is 11.3 Å². The van der Waals surface area contributed by atoms with Crippen LogP contribution in [-0.4, -0.2) is 67.2 Å². The normalized spacial score (nSPS) is 17.0. The number of likely N-dealkylation sites (N-methyl/N-ethyl adjacent to an activating group) is 1. The first-order valence-corrected chi connectivity index (χ1v) is 13.7. The van der Waals surface area contributed by atoms with Crippen molar-refractivity contribution < 1.29 is 42.2 Å². The maximum absolute atomic E-state index is 13.6. The first-order valence-electron chi connectivity index (χ1n) is 13.7. The molecule has 45 heavy (non-hydrogen) atoms. The van der Waals surface area contributed by atoms with Crippen LogP contribution in [0.25, 0.3) is 0 Å². The molecule has 1 aromatic heterocycles. The van der Waals surface area contributed by atoms with E-state index in [9.17, 15) is 28.0 Å². The number of nitrogens with zero attached hydrogens (tertiary/aromatic N) is 4. The Balaban J connectivity index is 0.00000148. The number of anilines is 2. The highest BCUT2D eigenvalue weighted by atomic mass is 19.4. The van der Waals surface area contributed by atoms with Crippen LogP contribution in [0.2, 0.25) is 0 Å². The van der Waals surface area contributed by atoms with E-state index in [1.165, 1.54) is 33.6 Å². The molecule has 238 valence electrons. The number of halogens is 3.